The van der Waals surface area contributed by atoms with Crippen LogP contribution >= 0.6 is 0 Å². The van der Waals surface area contributed by atoms with Gasteiger partial charge in [-0.2, -0.15) is 0 Å². The lowest BCUT2D eigenvalue weighted by Gasteiger charge is -2.21. The molecular weight excluding hydrogens is 362 g/mol. The molecule has 3 aromatic rings. The fourth-order valence-electron chi connectivity index (χ4n) is 3.04. The summed E-state index contributed by atoms with van der Waals surface area (Å²) in [6, 6.07) is 17.5. The average Bonchev–Trinajstić information content (AvgIpc) is 2.76. The van der Waals surface area contributed by atoms with Crippen molar-refractivity contribution in [2.45, 2.75) is 27.2 Å². The lowest BCUT2D eigenvalue weighted by Crippen LogP contribution is -2.21. The predicted octanol–water partition coefficient (Wildman–Crippen LogP) is 4.88. The first-order valence-corrected chi connectivity index (χ1v) is 9.98. The first kappa shape index (κ1) is 20.3. The zero-order valence-electron chi connectivity index (χ0n) is 17.1. The van der Waals surface area contributed by atoms with Crippen LogP contribution in [0, 0.1) is 0 Å². The Bertz CT molecular complexity index is 934. The van der Waals surface area contributed by atoms with Gasteiger partial charge in [-0.05, 0) is 68.3 Å². The highest BCUT2D eigenvalue weighted by Gasteiger charge is 2.10. The molecule has 0 aliphatic carbocycles. The van der Waals surface area contributed by atoms with Crippen molar-refractivity contribution in [3.05, 3.63) is 72.1 Å². The number of carbonyl (C=O) groups excluding carboxylic acids is 1. The van der Waals surface area contributed by atoms with Gasteiger partial charge in [-0.25, -0.2) is 9.97 Å². The quantitative estimate of drug-likeness (QED) is 0.574. The first-order chi connectivity index (χ1) is 14.1. The maximum Gasteiger partial charge on any atom is 0.274 e. The zero-order valence-corrected chi connectivity index (χ0v) is 17.1. The Labute approximate surface area is 172 Å². The van der Waals surface area contributed by atoms with Gasteiger partial charge in [-0.3, -0.25) is 4.79 Å². The molecule has 0 bridgehead atoms. The summed E-state index contributed by atoms with van der Waals surface area (Å²) in [5, 5.41) is 6.03. The van der Waals surface area contributed by atoms with Crippen LogP contribution in [0.2, 0.25) is 0 Å². The maximum absolute atomic E-state index is 12.6. The lowest BCUT2D eigenvalue weighted by molar-refractivity contribution is 0.102. The summed E-state index contributed by atoms with van der Waals surface area (Å²) in [7, 11) is 0. The Morgan fingerprint density at radius 3 is 2.17 bits per heavy atom. The van der Waals surface area contributed by atoms with E-state index in [4.69, 9.17) is 0 Å². The van der Waals surface area contributed by atoms with Gasteiger partial charge in [0.05, 0.1) is 0 Å². The van der Waals surface area contributed by atoms with Crippen molar-refractivity contribution in [3.8, 4) is 0 Å². The Kier molecular flexibility index (Phi) is 6.79. The molecule has 0 saturated carbocycles. The molecule has 3 rings (SSSR count). The number of benzene rings is 2. The van der Waals surface area contributed by atoms with Gasteiger partial charge in [-0.1, -0.05) is 19.1 Å². The first-order valence-electron chi connectivity index (χ1n) is 9.98. The van der Waals surface area contributed by atoms with Crippen LogP contribution < -0.4 is 15.5 Å². The minimum absolute atomic E-state index is 0.271. The topological polar surface area (TPSA) is 70.2 Å². The van der Waals surface area contributed by atoms with Gasteiger partial charge in [-0.15, -0.1) is 0 Å². The maximum atomic E-state index is 12.6. The SMILES string of the molecule is CCc1ccc(Nc2nccc(C(=O)Nc3ccc(N(CC)CC)cc3)n2)cc1. The molecule has 0 aliphatic heterocycles. The summed E-state index contributed by atoms with van der Waals surface area (Å²) in [6.07, 6.45) is 2.57. The van der Waals surface area contributed by atoms with E-state index in [1.165, 1.54) is 5.56 Å². The molecule has 0 atom stereocenters. The number of hydrogen-bond donors (Lipinski definition) is 2. The molecule has 6 nitrogen and oxygen atoms in total. The highest BCUT2D eigenvalue weighted by molar-refractivity contribution is 6.03. The van der Waals surface area contributed by atoms with Crippen LogP contribution in [0.15, 0.2) is 60.8 Å². The van der Waals surface area contributed by atoms with E-state index < -0.39 is 0 Å². The molecule has 2 aromatic carbocycles. The van der Waals surface area contributed by atoms with E-state index in [0.717, 1.165) is 36.6 Å². The van der Waals surface area contributed by atoms with Crippen molar-refractivity contribution in [2.75, 3.05) is 28.6 Å². The molecule has 150 valence electrons. The number of nitrogens with one attached hydrogen (secondary N) is 2. The molecular formula is C23H27N5O. The van der Waals surface area contributed by atoms with Gasteiger partial charge >= 0.3 is 0 Å². The van der Waals surface area contributed by atoms with E-state index >= 15 is 0 Å². The second-order valence-electron chi connectivity index (χ2n) is 6.61. The van der Waals surface area contributed by atoms with E-state index in [0.29, 0.717) is 11.6 Å². The number of rotatable bonds is 8. The molecule has 0 aliphatic rings. The van der Waals surface area contributed by atoms with E-state index in [2.05, 4.69) is 58.4 Å². The molecule has 1 aromatic heterocycles. The summed E-state index contributed by atoms with van der Waals surface area (Å²) in [5.41, 5.74) is 4.31. The number of carbonyl (C=O) groups is 1. The van der Waals surface area contributed by atoms with Crippen molar-refractivity contribution < 1.29 is 4.79 Å². The van der Waals surface area contributed by atoms with Crippen LogP contribution in [0.5, 0.6) is 0 Å². The van der Waals surface area contributed by atoms with Gasteiger partial charge in [0.2, 0.25) is 5.95 Å². The number of aryl methyl sites for hydroxylation is 1. The fraction of sp³-hybridized carbons (Fsp3) is 0.261. The summed E-state index contributed by atoms with van der Waals surface area (Å²) >= 11 is 0. The molecule has 2 N–H and O–H groups in total. The number of aromatic nitrogens is 2. The van der Waals surface area contributed by atoms with Crippen LogP contribution in [0.3, 0.4) is 0 Å². The highest BCUT2D eigenvalue weighted by atomic mass is 16.1. The summed E-state index contributed by atoms with van der Waals surface area (Å²) in [5.74, 6) is 0.117. The Hall–Kier alpha value is -3.41. The Morgan fingerprint density at radius 1 is 0.897 bits per heavy atom. The third-order valence-corrected chi connectivity index (χ3v) is 4.76. The minimum Gasteiger partial charge on any atom is -0.372 e. The zero-order chi connectivity index (χ0) is 20.6. The van der Waals surface area contributed by atoms with Gasteiger partial charge in [0.15, 0.2) is 0 Å². The minimum atomic E-state index is -0.271. The summed E-state index contributed by atoms with van der Waals surface area (Å²) in [4.78, 5) is 23.4. The smallest absolute Gasteiger partial charge is 0.274 e. The second kappa shape index (κ2) is 9.68. The Morgan fingerprint density at radius 2 is 1.55 bits per heavy atom. The Balaban J connectivity index is 1.67. The van der Waals surface area contributed by atoms with Crippen LogP contribution in [-0.4, -0.2) is 29.0 Å². The monoisotopic (exact) mass is 389 g/mol. The lowest BCUT2D eigenvalue weighted by atomic mass is 10.1. The predicted molar refractivity (Wildman–Crippen MR) is 119 cm³/mol. The number of anilines is 4. The largest absolute Gasteiger partial charge is 0.372 e. The molecule has 0 radical (unpaired) electrons. The molecule has 1 amide bonds. The van der Waals surface area contributed by atoms with Crippen molar-refractivity contribution in [1.29, 1.82) is 0 Å². The molecule has 29 heavy (non-hydrogen) atoms. The van der Waals surface area contributed by atoms with Crippen molar-refractivity contribution in [2.24, 2.45) is 0 Å². The standard InChI is InChI=1S/C23H27N5O/c1-4-17-7-9-19(10-8-17)26-23-24-16-15-21(27-23)22(29)25-18-11-13-20(14-12-18)28(5-2)6-3/h7-16H,4-6H2,1-3H3,(H,25,29)(H,24,26,27). The van der Waals surface area contributed by atoms with Gasteiger partial charge in [0, 0.05) is 36.3 Å². The molecule has 0 fully saturated rings. The van der Waals surface area contributed by atoms with E-state index in [1.54, 1.807) is 12.3 Å². The number of nitrogens with zero attached hydrogens (tertiary/aromatic N) is 3. The van der Waals surface area contributed by atoms with E-state index in [-0.39, 0.29) is 5.91 Å². The average molecular weight is 390 g/mol. The normalized spacial score (nSPS) is 10.4. The summed E-state index contributed by atoms with van der Waals surface area (Å²) in [6.45, 7) is 8.25. The fourth-order valence-corrected chi connectivity index (χ4v) is 3.04. The third-order valence-electron chi connectivity index (χ3n) is 4.76. The van der Waals surface area contributed by atoms with Gasteiger partial charge in [0.25, 0.3) is 5.91 Å². The molecule has 0 spiro atoms. The van der Waals surface area contributed by atoms with Crippen LogP contribution in [0.25, 0.3) is 0 Å². The highest BCUT2D eigenvalue weighted by Crippen LogP contribution is 2.19. The van der Waals surface area contributed by atoms with Crippen LogP contribution in [0.4, 0.5) is 23.0 Å². The second-order valence-corrected chi connectivity index (χ2v) is 6.61. The molecule has 0 saturated heterocycles. The molecule has 0 unspecified atom stereocenters. The molecule has 6 heteroatoms. The van der Waals surface area contributed by atoms with E-state index in [1.807, 2.05) is 36.4 Å². The van der Waals surface area contributed by atoms with Crippen molar-refractivity contribution in [1.82, 2.24) is 9.97 Å². The van der Waals surface area contributed by atoms with Crippen LogP contribution in [0.1, 0.15) is 36.8 Å². The van der Waals surface area contributed by atoms with Crippen molar-refractivity contribution >= 4 is 28.9 Å². The summed E-state index contributed by atoms with van der Waals surface area (Å²) < 4.78 is 0. The van der Waals surface area contributed by atoms with Crippen LogP contribution in [-0.2, 0) is 6.42 Å². The van der Waals surface area contributed by atoms with Gasteiger partial charge in [0.1, 0.15) is 5.69 Å². The van der Waals surface area contributed by atoms with Crippen molar-refractivity contribution in [3.63, 3.8) is 0 Å². The third kappa shape index (κ3) is 5.31. The van der Waals surface area contributed by atoms with Gasteiger partial charge < -0.3 is 15.5 Å². The number of hydrogen-bond acceptors (Lipinski definition) is 5. The number of amides is 1. The van der Waals surface area contributed by atoms with E-state index in [9.17, 15) is 4.79 Å². The molecule has 1 heterocycles.